The SMILES string of the molecule is CCCC(C)(O)CNCc1cn2ccccc2n1. The molecule has 0 saturated carbocycles. The van der Waals surface area contributed by atoms with Crippen molar-refractivity contribution in [1.82, 2.24) is 14.7 Å². The van der Waals surface area contributed by atoms with Gasteiger partial charge < -0.3 is 14.8 Å². The van der Waals surface area contributed by atoms with E-state index in [0.29, 0.717) is 13.1 Å². The number of pyridine rings is 1. The van der Waals surface area contributed by atoms with Crippen molar-refractivity contribution in [2.75, 3.05) is 6.54 Å². The van der Waals surface area contributed by atoms with Crippen molar-refractivity contribution in [2.24, 2.45) is 0 Å². The van der Waals surface area contributed by atoms with E-state index < -0.39 is 5.60 Å². The van der Waals surface area contributed by atoms with Gasteiger partial charge in [0.15, 0.2) is 0 Å². The molecule has 2 aromatic heterocycles. The molecule has 2 aromatic rings. The summed E-state index contributed by atoms with van der Waals surface area (Å²) in [5.74, 6) is 0. The summed E-state index contributed by atoms with van der Waals surface area (Å²) in [5, 5.41) is 13.3. The summed E-state index contributed by atoms with van der Waals surface area (Å²) >= 11 is 0. The fourth-order valence-corrected chi connectivity index (χ4v) is 2.16. The Labute approximate surface area is 108 Å². The summed E-state index contributed by atoms with van der Waals surface area (Å²) in [4.78, 5) is 4.50. The van der Waals surface area contributed by atoms with Gasteiger partial charge in [-0.2, -0.15) is 0 Å². The summed E-state index contributed by atoms with van der Waals surface area (Å²) in [7, 11) is 0. The number of aliphatic hydroxyl groups is 1. The maximum Gasteiger partial charge on any atom is 0.137 e. The largest absolute Gasteiger partial charge is 0.389 e. The van der Waals surface area contributed by atoms with Crippen LogP contribution in [0, 0.1) is 0 Å². The van der Waals surface area contributed by atoms with E-state index in [1.807, 2.05) is 41.9 Å². The number of nitrogens with zero attached hydrogens (tertiary/aromatic N) is 2. The van der Waals surface area contributed by atoms with E-state index in [2.05, 4.69) is 17.2 Å². The monoisotopic (exact) mass is 247 g/mol. The van der Waals surface area contributed by atoms with Crippen LogP contribution in [0.3, 0.4) is 0 Å². The van der Waals surface area contributed by atoms with Crippen molar-refractivity contribution in [3.63, 3.8) is 0 Å². The highest BCUT2D eigenvalue weighted by molar-refractivity contribution is 5.39. The lowest BCUT2D eigenvalue weighted by Gasteiger charge is -2.22. The zero-order chi connectivity index (χ0) is 13.0. The first-order valence-electron chi connectivity index (χ1n) is 6.46. The Morgan fingerprint density at radius 2 is 2.28 bits per heavy atom. The molecule has 98 valence electrons. The van der Waals surface area contributed by atoms with Crippen LogP contribution < -0.4 is 5.32 Å². The van der Waals surface area contributed by atoms with Crippen LogP contribution in [0.1, 0.15) is 32.4 Å². The van der Waals surface area contributed by atoms with Gasteiger partial charge in [0.2, 0.25) is 0 Å². The fraction of sp³-hybridized carbons (Fsp3) is 0.500. The Hall–Kier alpha value is -1.39. The third kappa shape index (κ3) is 3.31. The minimum Gasteiger partial charge on any atom is -0.389 e. The molecule has 0 aliphatic heterocycles. The molecule has 1 unspecified atom stereocenters. The molecule has 0 spiro atoms. The summed E-state index contributed by atoms with van der Waals surface area (Å²) < 4.78 is 2.00. The topological polar surface area (TPSA) is 49.6 Å². The lowest BCUT2D eigenvalue weighted by Crippen LogP contribution is -2.37. The molecule has 0 aliphatic carbocycles. The minimum atomic E-state index is -0.631. The maximum atomic E-state index is 10.0. The number of nitrogens with one attached hydrogen (secondary N) is 1. The Morgan fingerprint density at radius 3 is 3.00 bits per heavy atom. The summed E-state index contributed by atoms with van der Waals surface area (Å²) in [6, 6.07) is 5.94. The molecule has 0 aromatic carbocycles. The predicted octanol–water partition coefficient (Wildman–Crippen LogP) is 1.98. The van der Waals surface area contributed by atoms with Crippen LogP contribution in [0.15, 0.2) is 30.6 Å². The van der Waals surface area contributed by atoms with Crippen molar-refractivity contribution in [1.29, 1.82) is 0 Å². The van der Waals surface area contributed by atoms with Crippen LogP contribution in [0.5, 0.6) is 0 Å². The molecule has 2 rings (SSSR count). The van der Waals surface area contributed by atoms with E-state index in [4.69, 9.17) is 0 Å². The quantitative estimate of drug-likeness (QED) is 0.820. The number of fused-ring (bicyclic) bond motifs is 1. The lowest BCUT2D eigenvalue weighted by atomic mass is 10.0. The molecule has 4 nitrogen and oxygen atoms in total. The van der Waals surface area contributed by atoms with Gasteiger partial charge in [-0.15, -0.1) is 0 Å². The Balaban J connectivity index is 1.90. The maximum absolute atomic E-state index is 10.0. The second-order valence-electron chi connectivity index (χ2n) is 5.05. The van der Waals surface area contributed by atoms with Crippen LogP contribution in [0.25, 0.3) is 5.65 Å². The minimum absolute atomic E-state index is 0.592. The molecule has 0 aliphatic rings. The number of hydrogen-bond donors (Lipinski definition) is 2. The van der Waals surface area contributed by atoms with Gasteiger partial charge in [-0.05, 0) is 25.5 Å². The number of hydrogen-bond acceptors (Lipinski definition) is 3. The van der Waals surface area contributed by atoms with E-state index >= 15 is 0 Å². The first-order chi connectivity index (χ1) is 8.61. The molecule has 0 amide bonds. The van der Waals surface area contributed by atoms with Gasteiger partial charge in [0.1, 0.15) is 5.65 Å². The number of aromatic nitrogens is 2. The standard InChI is InChI=1S/C14H21N3O/c1-3-7-14(2,18)11-15-9-12-10-17-8-5-4-6-13(17)16-12/h4-6,8,10,15,18H,3,7,9,11H2,1-2H3. The van der Waals surface area contributed by atoms with Crippen LogP contribution in [-0.2, 0) is 6.54 Å². The Kier molecular flexibility index (Phi) is 3.99. The van der Waals surface area contributed by atoms with E-state index in [9.17, 15) is 5.11 Å². The molecule has 18 heavy (non-hydrogen) atoms. The highest BCUT2D eigenvalue weighted by Crippen LogP contribution is 2.10. The van der Waals surface area contributed by atoms with Crippen molar-refractivity contribution in [2.45, 2.75) is 38.8 Å². The van der Waals surface area contributed by atoms with Crippen molar-refractivity contribution >= 4 is 5.65 Å². The average Bonchev–Trinajstić information content (AvgIpc) is 2.71. The van der Waals surface area contributed by atoms with Gasteiger partial charge >= 0.3 is 0 Å². The lowest BCUT2D eigenvalue weighted by molar-refractivity contribution is 0.0497. The molecule has 2 N–H and O–H groups in total. The van der Waals surface area contributed by atoms with Crippen molar-refractivity contribution in [3.8, 4) is 0 Å². The van der Waals surface area contributed by atoms with Crippen LogP contribution in [-0.4, -0.2) is 26.6 Å². The molecule has 0 saturated heterocycles. The molecular weight excluding hydrogens is 226 g/mol. The predicted molar refractivity (Wildman–Crippen MR) is 72.4 cm³/mol. The van der Waals surface area contributed by atoms with Crippen molar-refractivity contribution in [3.05, 3.63) is 36.3 Å². The molecular formula is C14H21N3O. The van der Waals surface area contributed by atoms with Gasteiger partial charge in [-0.1, -0.05) is 19.4 Å². The van der Waals surface area contributed by atoms with Crippen LogP contribution >= 0.6 is 0 Å². The van der Waals surface area contributed by atoms with Crippen molar-refractivity contribution < 1.29 is 5.11 Å². The van der Waals surface area contributed by atoms with E-state index in [0.717, 1.165) is 24.2 Å². The smallest absolute Gasteiger partial charge is 0.137 e. The van der Waals surface area contributed by atoms with E-state index in [-0.39, 0.29) is 0 Å². The third-order valence-electron chi connectivity index (χ3n) is 3.01. The summed E-state index contributed by atoms with van der Waals surface area (Å²) in [6.45, 7) is 5.22. The number of rotatable bonds is 6. The Bertz CT molecular complexity index is 471. The van der Waals surface area contributed by atoms with Crippen LogP contribution in [0.4, 0.5) is 0 Å². The second kappa shape index (κ2) is 5.50. The van der Waals surface area contributed by atoms with Gasteiger partial charge in [-0.25, -0.2) is 4.98 Å². The highest BCUT2D eigenvalue weighted by atomic mass is 16.3. The third-order valence-corrected chi connectivity index (χ3v) is 3.01. The first-order valence-corrected chi connectivity index (χ1v) is 6.46. The molecule has 1 atom stereocenters. The highest BCUT2D eigenvalue weighted by Gasteiger charge is 2.18. The zero-order valence-corrected chi connectivity index (χ0v) is 11.1. The van der Waals surface area contributed by atoms with Gasteiger partial charge in [0, 0.05) is 25.5 Å². The normalized spacial score (nSPS) is 14.8. The molecule has 2 heterocycles. The fourth-order valence-electron chi connectivity index (χ4n) is 2.16. The van der Waals surface area contributed by atoms with Gasteiger partial charge in [0.25, 0.3) is 0 Å². The molecule has 4 heteroatoms. The summed E-state index contributed by atoms with van der Waals surface area (Å²) in [5.41, 5.74) is 1.32. The average molecular weight is 247 g/mol. The molecule has 0 fully saturated rings. The zero-order valence-electron chi connectivity index (χ0n) is 11.1. The molecule has 0 bridgehead atoms. The van der Waals surface area contributed by atoms with Gasteiger partial charge in [-0.3, -0.25) is 0 Å². The molecule has 0 radical (unpaired) electrons. The summed E-state index contributed by atoms with van der Waals surface area (Å²) in [6.07, 6.45) is 5.80. The van der Waals surface area contributed by atoms with E-state index in [1.165, 1.54) is 0 Å². The first kappa shape index (κ1) is 13.1. The van der Waals surface area contributed by atoms with Crippen LogP contribution in [0.2, 0.25) is 0 Å². The Morgan fingerprint density at radius 1 is 1.44 bits per heavy atom. The van der Waals surface area contributed by atoms with E-state index in [1.54, 1.807) is 0 Å². The van der Waals surface area contributed by atoms with Gasteiger partial charge in [0.05, 0.1) is 11.3 Å². The second-order valence-corrected chi connectivity index (χ2v) is 5.05. The number of imidazole rings is 1.